The van der Waals surface area contributed by atoms with Gasteiger partial charge in [0, 0.05) is 6.20 Å². The first kappa shape index (κ1) is 19.0. The molecule has 1 fully saturated rings. The van der Waals surface area contributed by atoms with E-state index >= 15 is 0 Å². The van der Waals surface area contributed by atoms with Crippen LogP contribution in [0.2, 0.25) is 0 Å². The number of aryl methyl sites for hydroxylation is 1. The number of nitrogens with one attached hydrogen (secondary N) is 2. The number of hydrogen-bond donors (Lipinski definition) is 2. The fourth-order valence-electron chi connectivity index (χ4n) is 3.07. The van der Waals surface area contributed by atoms with E-state index in [-0.39, 0.29) is 12.6 Å². The first-order chi connectivity index (χ1) is 12.8. The van der Waals surface area contributed by atoms with Gasteiger partial charge in [-0.25, -0.2) is 4.79 Å². The molecule has 2 aromatic rings. The van der Waals surface area contributed by atoms with Gasteiger partial charge in [-0.3, -0.25) is 19.5 Å². The molecule has 1 saturated heterocycles. The second-order valence-corrected chi connectivity index (χ2v) is 7.89. The molecule has 1 unspecified atom stereocenters. The molecule has 8 heteroatoms. The molecule has 2 N–H and O–H groups in total. The van der Waals surface area contributed by atoms with E-state index in [1.54, 1.807) is 31.4 Å². The summed E-state index contributed by atoms with van der Waals surface area (Å²) in [6.45, 7) is 4.85. The van der Waals surface area contributed by atoms with Crippen LogP contribution >= 0.6 is 11.3 Å². The summed E-state index contributed by atoms with van der Waals surface area (Å²) in [5, 5.41) is 9.52. The molecule has 3 heterocycles. The highest BCUT2D eigenvalue weighted by Crippen LogP contribution is 2.22. The van der Waals surface area contributed by atoms with E-state index in [0.29, 0.717) is 6.42 Å². The van der Waals surface area contributed by atoms with E-state index in [9.17, 15) is 14.4 Å². The molecule has 1 aliphatic heterocycles. The number of rotatable bonds is 6. The average Bonchev–Trinajstić information content (AvgIpc) is 3.17. The molecule has 0 saturated carbocycles. The van der Waals surface area contributed by atoms with Gasteiger partial charge in [0.2, 0.25) is 5.91 Å². The van der Waals surface area contributed by atoms with Gasteiger partial charge in [-0.1, -0.05) is 6.07 Å². The van der Waals surface area contributed by atoms with Crippen molar-refractivity contribution in [3.8, 4) is 0 Å². The van der Waals surface area contributed by atoms with Crippen LogP contribution in [0.3, 0.4) is 0 Å². The summed E-state index contributed by atoms with van der Waals surface area (Å²) in [4.78, 5) is 42.3. The summed E-state index contributed by atoms with van der Waals surface area (Å²) in [5.74, 6) is -0.812. The van der Waals surface area contributed by atoms with E-state index < -0.39 is 23.4 Å². The molecule has 142 valence electrons. The minimum absolute atomic E-state index is 0.319. The Labute approximate surface area is 161 Å². The summed E-state index contributed by atoms with van der Waals surface area (Å²) in [5.41, 5.74) is 1.83. The Morgan fingerprint density at radius 1 is 1.37 bits per heavy atom. The molecule has 1 aliphatic rings. The molecular weight excluding hydrogens is 364 g/mol. The predicted molar refractivity (Wildman–Crippen MR) is 102 cm³/mol. The van der Waals surface area contributed by atoms with Crippen molar-refractivity contribution in [1.29, 1.82) is 0 Å². The van der Waals surface area contributed by atoms with Gasteiger partial charge in [-0.05, 0) is 61.2 Å². The number of hydrogen-bond acceptors (Lipinski definition) is 5. The number of urea groups is 1. The van der Waals surface area contributed by atoms with Gasteiger partial charge in [-0.2, -0.15) is 11.3 Å². The number of aromatic nitrogens is 1. The Balaban J connectivity index is 1.76. The van der Waals surface area contributed by atoms with E-state index in [1.807, 2.05) is 35.9 Å². The highest BCUT2D eigenvalue weighted by Gasteiger charge is 2.45. The van der Waals surface area contributed by atoms with Crippen molar-refractivity contribution in [2.75, 3.05) is 6.54 Å². The van der Waals surface area contributed by atoms with Gasteiger partial charge >= 0.3 is 6.03 Å². The summed E-state index contributed by atoms with van der Waals surface area (Å²) in [7, 11) is 0. The fourth-order valence-corrected chi connectivity index (χ4v) is 3.75. The second kappa shape index (κ2) is 7.48. The van der Waals surface area contributed by atoms with Crippen LogP contribution in [0.1, 0.15) is 36.7 Å². The summed E-state index contributed by atoms with van der Waals surface area (Å²) in [6.07, 6.45) is 2.27. The lowest BCUT2D eigenvalue weighted by Gasteiger charge is -2.21. The van der Waals surface area contributed by atoms with E-state index in [0.717, 1.165) is 21.7 Å². The lowest BCUT2D eigenvalue weighted by Crippen LogP contribution is -2.44. The molecule has 1 atom stereocenters. The van der Waals surface area contributed by atoms with E-state index in [1.165, 1.54) is 0 Å². The van der Waals surface area contributed by atoms with E-state index in [2.05, 4.69) is 15.6 Å². The van der Waals surface area contributed by atoms with Crippen LogP contribution in [0.4, 0.5) is 4.79 Å². The van der Waals surface area contributed by atoms with Crippen molar-refractivity contribution in [1.82, 2.24) is 20.5 Å². The Morgan fingerprint density at radius 2 is 2.15 bits per heavy atom. The molecule has 0 bridgehead atoms. The minimum Gasteiger partial charge on any atom is -0.346 e. The molecule has 0 aliphatic carbocycles. The third-order valence-electron chi connectivity index (χ3n) is 4.48. The van der Waals surface area contributed by atoms with Crippen LogP contribution < -0.4 is 10.6 Å². The lowest BCUT2D eigenvalue weighted by molar-refractivity contribution is -0.134. The molecule has 3 rings (SSSR count). The number of carbonyl (C=O) groups excluding carboxylic acids is 3. The van der Waals surface area contributed by atoms with Crippen molar-refractivity contribution in [2.24, 2.45) is 0 Å². The predicted octanol–water partition coefficient (Wildman–Crippen LogP) is 2.18. The van der Waals surface area contributed by atoms with Crippen LogP contribution in [0, 0.1) is 6.92 Å². The summed E-state index contributed by atoms with van der Waals surface area (Å²) >= 11 is 1.59. The maximum atomic E-state index is 12.6. The van der Waals surface area contributed by atoms with E-state index in [4.69, 9.17) is 0 Å². The number of nitrogens with zero attached hydrogens (tertiary/aromatic N) is 2. The first-order valence-electron chi connectivity index (χ1n) is 8.64. The molecule has 27 heavy (non-hydrogen) atoms. The molecule has 0 aromatic carbocycles. The number of amides is 4. The molecule has 0 spiro atoms. The van der Waals surface area contributed by atoms with Gasteiger partial charge in [0.05, 0.1) is 11.7 Å². The van der Waals surface area contributed by atoms with Crippen LogP contribution in [0.5, 0.6) is 0 Å². The number of pyridine rings is 1. The van der Waals surface area contributed by atoms with Crippen LogP contribution in [0.15, 0.2) is 35.2 Å². The van der Waals surface area contributed by atoms with Gasteiger partial charge < -0.3 is 10.6 Å². The minimum atomic E-state index is -0.995. The number of carbonyl (C=O) groups is 3. The Hall–Kier alpha value is -2.74. The van der Waals surface area contributed by atoms with Crippen LogP contribution in [0.25, 0.3) is 0 Å². The summed E-state index contributed by atoms with van der Waals surface area (Å²) in [6, 6.07) is 4.89. The Morgan fingerprint density at radius 3 is 2.74 bits per heavy atom. The zero-order chi connectivity index (χ0) is 19.6. The SMILES string of the molecule is Cc1cccnc1C(Cc1ccsc1)NC(=O)CN1C(=O)NC(C)(C)C1=O. The van der Waals surface area contributed by atoms with Crippen molar-refractivity contribution in [3.63, 3.8) is 0 Å². The highest BCUT2D eigenvalue weighted by atomic mass is 32.1. The highest BCUT2D eigenvalue weighted by molar-refractivity contribution is 7.07. The molecule has 0 radical (unpaired) electrons. The first-order valence-corrected chi connectivity index (χ1v) is 9.58. The average molecular weight is 386 g/mol. The van der Waals surface area contributed by atoms with Crippen LogP contribution in [-0.2, 0) is 16.0 Å². The van der Waals surface area contributed by atoms with Crippen molar-refractivity contribution < 1.29 is 14.4 Å². The van der Waals surface area contributed by atoms with Crippen molar-refractivity contribution in [2.45, 2.75) is 38.8 Å². The third-order valence-corrected chi connectivity index (χ3v) is 5.21. The monoisotopic (exact) mass is 386 g/mol. The third kappa shape index (κ3) is 4.16. The quantitative estimate of drug-likeness (QED) is 0.745. The van der Waals surface area contributed by atoms with Gasteiger partial charge in [0.15, 0.2) is 0 Å². The fraction of sp³-hybridized carbons (Fsp3) is 0.368. The standard InChI is InChI=1S/C19H22N4O3S/c1-12-5-4-7-20-16(12)14(9-13-6-8-27-11-13)21-15(24)10-23-17(25)19(2,3)22-18(23)26/h4-8,11,14H,9-10H2,1-3H3,(H,21,24)(H,22,26). The molecule has 4 amide bonds. The Bertz CT molecular complexity index is 864. The maximum absolute atomic E-state index is 12.6. The van der Waals surface area contributed by atoms with Gasteiger partial charge in [0.1, 0.15) is 12.1 Å². The number of imide groups is 1. The lowest BCUT2D eigenvalue weighted by atomic mass is 10.0. The van der Waals surface area contributed by atoms with Crippen molar-refractivity contribution >= 4 is 29.2 Å². The summed E-state index contributed by atoms with van der Waals surface area (Å²) < 4.78 is 0. The van der Waals surface area contributed by atoms with Crippen molar-refractivity contribution in [3.05, 3.63) is 52.0 Å². The zero-order valence-corrected chi connectivity index (χ0v) is 16.3. The smallest absolute Gasteiger partial charge is 0.325 e. The van der Waals surface area contributed by atoms with Crippen LogP contribution in [-0.4, -0.2) is 39.8 Å². The second-order valence-electron chi connectivity index (χ2n) is 7.11. The number of thiophene rings is 1. The topological polar surface area (TPSA) is 91.4 Å². The normalized spacial score (nSPS) is 16.9. The zero-order valence-electron chi connectivity index (χ0n) is 15.5. The molecule has 2 aromatic heterocycles. The molecular formula is C19H22N4O3S. The largest absolute Gasteiger partial charge is 0.346 e. The molecule has 7 nitrogen and oxygen atoms in total. The van der Waals surface area contributed by atoms with Gasteiger partial charge in [-0.15, -0.1) is 0 Å². The maximum Gasteiger partial charge on any atom is 0.325 e. The van der Waals surface area contributed by atoms with Gasteiger partial charge in [0.25, 0.3) is 5.91 Å². The Kier molecular flexibility index (Phi) is 5.27.